The van der Waals surface area contributed by atoms with E-state index >= 15 is 0 Å². The standard InChI is InChI=1S/C11H13N3O/c1-8(15)6-12-11-9-4-2-3-5-10(9)13-7-14-11/h2-5,7-8,15H,6H2,1H3,(H,12,13,14). The van der Waals surface area contributed by atoms with Crippen LogP contribution in [-0.2, 0) is 0 Å². The maximum Gasteiger partial charge on any atom is 0.137 e. The summed E-state index contributed by atoms with van der Waals surface area (Å²) in [6, 6.07) is 7.78. The first-order chi connectivity index (χ1) is 7.27. The number of hydrogen-bond donors (Lipinski definition) is 2. The minimum Gasteiger partial charge on any atom is -0.392 e. The minimum atomic E-state index is -0.390. The molecule has 1 heterocycles. The number of aromatic nitrogens is 2. The fourth-order valence-electron chi connectivity index (χ4n) is 1.39. The third kappa shape index (κ3) is 2.22. The van der Waals surface area contributed by atoms with Crippen molar-refractivity contribution < 1.29 is 5.11 Å². The lowest BCUT2D eigenvalue weighted by Crippen LogP contribution is -2.16. The number of nitrogens with zero attached hydrogens (tertiary/aromatic N) is 2. The van der Waals surface area contributed by atoms with Crippen LogP contribution in [0.3, 0.4) is 0 Å². The lowest BCUT2D eigenvalue weighted by atomic mass is 10.2. The van der Waals surface area contributed by atoms with E-state index in [1.165, 1.54) is 6.33 Å². The van der Waals surface area contributed by atoms with E-state index in [2.05, 4.69) is 15.3 Å². The molecule has 2 rings (SSSR count). The molecule has 0 spiro atoms. The number of nitrogens with one attached hydrogen (secondary N) is 1. The zero-order valence-electron chi connectivity index (χ0n) is 8.51. The van der Waals surface area contributed by atoms with Gasteiger partial charge in [0.05, 0.1) is 11.6 Å². The highest BCUT2D eigenvalue weighted by Crippen LogP contribution is 2.17. The van der Waals surface area contributed by atoms with Crippen molar-refractivity contribution in [3.05, 3.63) is 30.6 Å². The molecule has 0 aliphatic heterocycles. The Labute approximate surface area is 88.0 Å². The van der Waals surface area contributed by atoms with Gasteiger partial charge >= 0.3 is 0 Å². The second kappa shape index (κ2) is 4.23. The molecule has 0 amide bonds. The van der Waals surface area contributed by atoms with Crippen LogP contribution in [0.15, 0.2) is 30.6 Å². The average Bonchev–Trinajstić information content (AvgIpc) is 2.26. The summed E-state index contributed by atoms with van der Waals surface area (Å²) in [5, 5.41) is 13.2. The molecule has 0 saturated heterocycles. The molecule has 0 radical (unpaired) electrons. The number of fused-ring (bicyclic) bond motifs is 1. The molecule has 0 bridgehead atoms. The number of para-hydroxylation sites is 1. The Balaban J connectivity index is 2.34. The Bertz CT molecular complexity index is 451. The number of aliphatic hydroxyl groups excluding tert-OH is 1. The first-order valence-electron chi connectivity index (χ1n) is 4.89. The van der Waals surface area contributed by atoms with Gasteiger partial charge in [-0.15, -0.1) is 0 Å². The predicted octanol–water partition coefficient (Wildman–Crippen LogP) is 1.42. The SMILES string of the molecule is CC(O)CNc1ncnc2ccccc12. The van der Waals surface area contributed by atoms with Crippen molar-refractivity contribution in [3.63, 3.8) is 0 Å². The van der Waals surface area contributed by atoms with Crippen LogP contribution in [0.5, 0.6) is 0 Å². The Morgan fingerprint density at radius 2 is 2.13 bits per heavy atom. The first-order valence-corrected chi connectivity index (χ1v) is 4.89. The normalized spacial score (nSPS) is 12.7. The quantitative estimate of drug-likeness (QED) is 0.792. The molecular formula is C11H13N3O. The second-order valence-electron chi connectivity index (χ2n) is 3.47. The third-order valence-electron chi connectivity index (χ3n) is 2.11. The van der Waals surface area contributed by atoms with E-state index in [1.54, 1.807) is 6.92 Å². The van der Waals surface area contributed by atoms with E-state index in [1.807, 2.05) is 24.3 Å². The maximum atomic E-state index is 9.18. The number of rotatable bonds is 3. The minimum absolute atomic E-state index is 0.390. The molecule has 15 heavy (non-hydrogen) atoms. The van der Waals surface area contributed by atoms with Crippen LogP contribution in [-0.4, -0.2) is 27.7 Å². The zero-order valence-corrected chi connectivity index (χ0v) is 8.51. The van der Waals surface area contributed by atoms with Gasteiger partial charge in [0.1, 0.15) is 12.1 Å². The summed E-state index contributed by atoms with van der Waals surface area (Å²) >= 11 is 0. The maximum absolute atomic E-state index is 9.18. The Kier molecular flexibility index (Phi) is 2.78. The van der Waals surface area contributed by atoms with Crippen molar-refractivity contribution >= 4 is 16.7 Å². The average molecular weight is 203 g/mol. The van der Waals surface area contributed by atoms with Gasteiger partial charge < -0.3 is 10.4 Å². The zero-order chi connectivity index (χ0) is 10.7. The van der Waals surface area contributed by atoms with Gasteiger partial charge in [-0.1, -0.05) is 12.1 Å². The van der Waals surface area contributed by atoms with Gasteiger partial charge in [0, 0.05) is 11.9 Å². The first kappa shape index (κ1) is 9.86. The van der Waals surface area contributed by atoms with Crippen LogP contribution >= 0.6 is 0 Å². The van der Waals surface area contributed by atoms with Gasteiger partial charge in [-0.05, 0) is 19.1 Å². The van der Waals surface area contributed by atoms with Crippen LogP contribution < -0.4 is 5.32 Å². The molecule has 4 nitrogen and oxygen atoms in total. The van der Waals surface area contributed by atoms with Crippen molar-refractivity contribution in [2.45, 2.75) is 13.0 Å². The molecule has 2 aromatic rings. The van der Waals surface area contributed by atoms with Gasteiger partial charge in [-0.25, -0.2) is 9.97 Å². The summed E-state index contributed by atoms with van der Waals surface area (Å²) in [5.74, 6) is 0.765. The molecule has 4 heteroatoms. The van der Waals surface area contributed by atoms with Crippen molar-refractivity contribution in [1.82, 2.24) is 9.97 Å². The Morgan fingerprint density at radius 3 is 2.93 bits per heavy atom. The summed E-state index contributed by atoms with van der Waals surface area (Å²) in [6.45, 7) is 2.22. The largest absolute Gasteiger partial charge is 0.392 e. The fourth-order valence-corrected chi connectivity index (χ4v) is 1.39. The van der Waals surface area contributed by atoms with E-state index in [9.17, 15) is 5.11 Å². The molecular weight excluding hydrogens is 190 g/mol. The summed E-state index contributed by atoms with van der Waals surface area (Å²) < 4.78 is 0. The second-order valence-corrected chi connectivity index (χ2v) is 3.47. The van der Waals surface area contributed by atoms with Gasteiger partial charge in [0.15, 0.2) is 0 Å². The van der Waals surface area contributed by atoms with Crippen molar-refractivity contribution in [1.29, 1.82) is 0 Å². The monoisotopic (exact) mass is 203 g/mol. The molecule has 78 valence electrons. The number of hydrogen-bond acceptors (Lipinski definition) is 4. The molecule has 1 atom stereocenters. The predicted molar refractivity (Wildman–Crippen MR) is 59.7 cm³/mol. The molecule has 0 aliphatic rings. The van der Waals surface area contributed by atoms with E-state index < -0.39 is 6.10 Å². The number of aliphatic hydroxyl groups is 1. The van der Waals surface area contributed by atoms with Crippen LogP contribution in [0.2, 0.25) is 0 Å². The van der Waals surface area contributed by atoms with Crippen LogP contribution in [0.1, 0.15) is 6.92 Å². The van der Waals surface area contributed by atoms with Gasteiger partial charge in [0.2, 0.25) is 0 Å². The van der Waals surface area contributed by atoms with E-state index in [-0.39, 0.29) is 0 Å². The van der Waals surface area contributed by atoms with Crippen LogP contribution in [0.25, 0.3) is 10.9 Å². The Morgan fingerprint density at radius 1 is 1.33 bits per heavy atom. The van der Waals surface area contributed by atoms with Crippen LogP contribution in [0.4, 0.5) is 5.82 Å². The molecule has 1 aromatic heterocycles. The Hall–Kier alpha value is -1.68. The molecule has 1 unspecified atom stereocenters. The molecule has 0 aliphatic carbocycles. The number of benzene rings is 1. The van der Waals surface area contributed by atoms with Gasteiger partial charge in [-0.2, -0.15) is 0 Å². The van der Waals surface area contributed by atoms with Crippen molar-refractivity contribution in [3.8, 4) is 0 Å². The van der Waals surface area contributed by atoms with Crippen molar-refractivity contribution in [2.24, 2.45) is 0 Å². The van der Waals surface area contributed by atoms with Gasteiger partial charge in [-0.3, -0.25) is 0 Å². The third-order valence-corrected chi connectivity index (χ3v) is 2.11. The topological polar surface area (TPSA) is 58.0 Å². The summed E-state index contributed by atoms with van der Waals surface area (Å²) in [4.78, 5) is 8.30. The molecule has 1 aromatic carbocycles. The lowest BCUT2D eigenvalue weighted by molar-refractivity contribution is 0.208. The molecule has 0 saturated carbocycles. The summed E-state index contributed by atoms with van der Waals surface area (Å²) in [6.07, 6.45) is 1.13. The lowest BCUT2D eigenvalue weighted by Gasteiger charge is -2.09. The number of anilines is 1. The molecule has 0 fully saturated rings. The summed E-state index contributed by atoms with van der Waals surface area (Å²) in [5.41, 5.74) is 0.903. The van der Waals surface area contributed by atoms with Crippen LogP contribution in [0, 0.1) is 0 Å². The highest BCUT2D eigenvalue weighted by Gasteiger charge is 2.02. The van der Waals surface area contributed by atoms with E-state index in [0.717, 1.165) is 16.7 Å². The van der Waals surface area contributed by atoms with E-state index in [4.69, 9.17) is 0 Å². The fraction of sp³-hybridized carbons (Fsp3) is 0.273. The van der Waals surface area contributed by atoms with E-state index in [0.29, 0.717) is 6.54 Å². The van der Waals surface area contributed by atoms with Crippen molar-refractivity contribution in [2.75, 3.05) is 11.9 Å². The smallest absolute Gasteiger partial charge is 0.137 e. The highest BCUT2D eigenvalue weighted by molar-refractivity contribution is 5.88. The summed E-state index contributed by atoms with van der Waals surface area (Å²) in [7, 11) is 0. The highest BCUT2D eigenvalue weighted by atomic mass is 16.3. The van der Waals surface area contributed by atoms with Gasteiger partial charge in [0.25, 0.3) is 0 Å². The molecule has 2 N–H and O–H groups in total.